The Morgan fingerprint density at radius 2 is 2.33 bits per heavy atom. The van der Waals surface area contributed by atoms with Gasteiger partial charge in [-0.15, -0.1) is 0 Å². The van der Waals surface area contributed by atoms with E-state index in [2.05, 4.69) is 15.4 Å². The van der Waals surface area contributed by atoms with Crippen LogP contribution in [0.1, 0.15) is 5.69 Å². The lowest BCUT2D eigenvalue weighted by Gasteiger charge is -2.04. The minimum Gasteiger partial charge on any atom is -0.384 e. The van der Waals surface area contributed by atoms with Crippen LogP contribution in [-0.2, 0) is 13.6 Å². The molecule has 78 valence electrons. The molecule has 0 aliphatic rings. The van der Waals surface area contributed by atoms with Gasteiger partial charge in [-0.2, -0.15) is 5.10 Å². The standard InChI is InChI=1S/C10H13N5/c1-15-5-3-9(14-15)7-13-8-2-4-12-10(11)6-8/h2-6H,7H2,1H3,(H3,11,12,13). The first-order valence-electron chi connectivity index (χ1n) is 4.68. The first-order valence-corrected chi connectivity index (χ1v) is 4.68. The van der Waals surface area contributed by atoms with Gasteiger partial charge in [-0.25, -0.2) is 4.98 Å². The minimum absolute atomic E-state index is 0.515. The third-order valence-electron chi connectivity index (χ3n) is 2.02. The van der Waals surface area contributed by atoms with Gasteiger partial charge in [-0.05, 0) is 12.1 Å². The molecule has 0 bridgehead atoms. The van der Waals surface area contributed by atoms with Crippen molar-refractivity contribution < 1.29 is 0 Å². The number of aryl methyl sites for hydroxylation is 1. The number of rotatable bonds is 3. The Labute approximate surface area is 87.9 Å². The number of nitrogens with one attached hydrogen (secondary N) is 1. The molecule has 0 saturated carbocycles. The van der Waals surface area contributed by atoms with E-state index in [1.165, 1.54) is 0 Å². The van der Waals surface area contributed by atoms with E-state index >= 15 is 0 Å². The molecule has 0 radical (unpaired) electrons. The van der Waals surface area contributed by atoms with Crippen molar-refractivity contribution in [2.24, 2.45) is 7.05 Å². The number of pyridine rings is 1. The molecule has 0 unspecified atom stereocenters. The molecule has 0 aromatic carbocycles. The van der Waals surface area contributed by atoms with Gasteiger partial charge in [0.2, 0.25) is 0 Å². The summed E-state index contributed by atoms with van der Waals surface area (Å²) < 4.78 is 1.78. The van der Waals surface area contributed by atoms with Crippen LogP contribution in [0.4, 0.5) is 11.5 Å². The minimum atomic E-state index is 0.515. The molecule has 3 N–H and O–H groups in total. The Hall–Kier alpha value is -2.04. The first-order chi connectivity index (χ1) is 7.24. The number of nitrogen functional groups attached to an aromatic ring is 1. The SMILES string of the molecule is Cn1ccc(CNc2ccnc(N)c2)n1. The summed E-state index contributed by atoms with van der Waals surface area (Å²) in [6, 6.07) is 5.64. The summed E-state index contributed by atoms with van der Waals surface area (Å²) >= 11 is 0. The van der Waals surface area contributed by atoms with Gasteiger partial charge in [0.25, 0.3) is 0 Å². The van der Waals surface area contributed by atoms with Crippen LogP contribution in [0.3, 0.4) is 0 Å². The van der Waals surface area contributed by atoms with Gasteiger partial charge in [0.05, 0.1) is 12.2 Å². The molecule has 2 aromatic rings. The number of anilines is 2. The summed E-state index contributed by atoms with van der Waals surface area (Å²) in [4.78, 5) is 3.92. The lowest BCUT2D eigenvalue weighted by atomic mass is 10.3. The molecule has 0 aliphatic heterocycles. The van der Waals surface area contributed by atoms with Gasteiger partial charge in [0.15, 0.2) is 0 Å². The number of hydrogen-bond donors (Lipinski definition) is 2. The molecule has 2 rings (SSSR count). The number of hydrogen-bond acceptors (Lipinski definition) is 4. The van der Waals surface area contributed by atoms with E-state index in [-0.39, 0.29) is 0 Å². The topological polar surface area (TPSA) is 68.8 Å². The van der Waals surface area contributed by atoms with Gasteiger partial charge >= 0.3 is 0 Å². The maximum absolute atomic E-state index is 5.56. The molecule has 2 heterocycles. The molecule has 0 saturated heterocycles. The van der Waals surface area contributed by atoms with Crippen molar-refractivity contribution in [1.29, 1.82) is 0 Å². The molecule has 0 spiro atoms. The lowest BCUT2D eigenvalue weighted by molar-refractivity contribution is 0.747. The Morgan fingerprint density at radius 3 is 3.00 bits per heavy atom. The molecule has 0 fully saturated rings. The summed E-state index contributed by atoms with van der Waals surface area (Å²) in [5.41, 5.74) is 7.51. The monoisotopic (exact) mass is 203 g/mol. The fraction of sp³-hybridized carbons (Fsp3) is 0.200. The average molecular weight is 203 g/mol. The van der Waals surface area contributed by atoms with Crippen molar-refractivity contribution in [3.8, 4) is 0 Å². The highest BCUT2D eigenvalue weighted by Crippen LogP contribution is 2.09. The predicted octanol–water partition coefficient (Wildman–Crippen LogP) is 1.01. The van der Waals surface area contributed by atoms with Crippen molar-refractivity contribution >= 4 is 11.5 Å². The molecule has 15 heavy (non-hydrogen) atoms. The predicted molar refractivity (Wildman–Crippen MR) is 59.2 cm³/mol. The van der Waals surface area contributed by atoms with Crippen molar-refractivity contribution in [3.63, 3.8) is 0 Å². The fourth-order valence-electron chi connectivity index (χ4n) is 1.31. The zero-order valence-electron chi connectivity index (χ0n) is 8.51. The Bertz CT molecular complexity index is 449. The van der Waals surface area contributed by atoms with E-state index in [1.54, 1.807) is 16.9 Å². The van der Waals surface area contributed by atoms with E-state index < -0.39 is 0 Å². The highest BCUT2D eigenvalue weighted by Gasteiger charge is 1.97. The van der Waals surface area contributed by atoms with Gasteiger partial charge in [-0.3, -0.25) is 4.68 Å². The summed E-state index contributed by atoms with van der Waals surface area (Å²) in [7, 11) is 1.90. The van der Waals surface area contributed by atoms with Gasteiger partial charge < -0.3 is 11.1 Å². The van der Waals surface area contributed by atoms with Crippen LogP contribution in [-0.4, -0.2) is 14.8 Å². The van der Waals surface area contributed by atoms with Gasteiger partial charge in [0, 0.05) is 31.2 Å². The first kappa shape index (κ1) is 9.51. The maximum atomic E-state index is 5.56. The smallest absolute Gasteiger partial charge is 0.125 e. The van der Waals surface area contributed by atoms with Gasteiger partial charge in [-0.1, -0.05) is 0 Å². The number of nitrogens with two attached hydrogens (primary N) is 1. The molecular weight excluding hydrogens is 190 g/mol. The molecular formula is C10H13N5. The third-order valence-corrected chi connectivity index (χ3v) is 2.02. The Balaban J connectivity index is 1.99. The fourth-order valence-corrected chi connectivity index (χ4v) is 1.31. The quantitative estimate of drug-likeness (QED) is 0.781. The van der Waals surface area contributed by atoms with E-state index in [0.717, 1.165) is 11.4 Å². The van der Waals surface area contributed by atoms with Crippen LogP contribution < -0.4 is 11.1 Å². The van der Waals surface area contributed by atoms with Crippen LogP contribution in [0.15, 0.2) is 30.6 Å². The summed E-state index contributed by atoms with van der Waals surface area (Å²) in [5, 5.41) is 7.47. The molecule has 0 atom stereocenters. The summed E-state index contributed by atoms with van der Waals surface area (Å²) in [6.07, 6.45) is 3.59. The summed E-state index contributed by atoms with van der Waals surface area (Å²) in [6.45, 7) is 0.685. The average Bonchev–Trinajstić information content (AvgIpc) is 2.62. The second-order valence-electron chi connectivity index (χ2n) is 3.30. The van der Waals surface area contributed by atoms with Crippen LogP contribution in [0.5, 0.6) is 0 Å². The second kappa shape index (κ2) is 4.00. The van der Waals surface area contributed by atoms with Crippen LogP contribution >= 0.6 is 0 Å². The van der Waals surface area contributed by atoms with Crippen LogP contribution in [0.25, 0.3) is 0 Å². The molecule has 5 nitrogen and oxygen atoms in total. The van der Waals surface area contributed by atoms with Crippen LogP contribution in [0.2, 0.25) is 0 Å². The van der Waals surface area contributed by atoms with Crippen molar-refractivity contribution in [3.05, 3.63) is 36.3 Å². The van der Waals surface area contributed by atoms with Crippen molar-refractivity contribution in [2.75, 3.05) is 11.1 Å². The molecule has 0 aliphatic carbocycles. The zero-order valence-corrected chi connectivity index (χ0v) is 8.51. The van der Waals surface area contributed by atoms with E-state index in [1.807, 2.05) is 25.4 Å². The van der Waals surface area contributed by atoms with E-state index in [4.69, 9.17) is 5.73 Å². The van der Waals surface area contributed by atoms with Crippen LogP contribution in [0, 0.1) is 0 Å². The Kier molecular flexibility index (Phi) is 2.53. The highest BCUT2D eigenvalue weighted by molar-refractivity contribution is 5.49. The molecule has 5 heteroatoms. The number of aromatic nitrogens is 3. The normalized spacial score (nSPS) is 10.2. The lowest BCUT2D eigenvalue weighted by Crippen LogP contribution is -2.02. The summed E-state index contributed by atoms with van der Waals surface area (Å²) in [5.74, 6) is 0.515. The molecule has 0 amide bonds. The zero-order chi connectivity index (χ0) is 10.7. The third kappa shape index (κ3) is 2.46. The molecule has 2 aromatic heterocycles. The van der Waals surface area contributed by atoms with Gasteiger partial charge in [0.1, 0.15) is 5.82 Å². The largest absolute Gasteiger partial charge is 0.384 e. The van der Waals surface area contributed by atoms with E-state index in [0.29, 0.717) is 12.4 Å². The van der Waals surface area contributed by atoms with E-state index in [9.17, 15) is 0 Å². The Morgan fingerprint density at radius 1 is 1.47 bits per heavy atom. The second-order valence-corrected chi connectivity index (χ2v) is 3.30. The van der Waals surface area contributed by atoms with Crippen molar-refractivity contribution in [1.82, 2.24) is 14.8 Å². The number of nitrogens with zero attached hydrogens (tertiary/aromatic N) is 3. The highest BCUT2D eigenvalue weighted by atomic mass is 15.3. The van der Waals surface area contributed by atoms with Crippen molar-refractivity contribution in [2.45, 2.75) is 6.54 Å². The maximum Gasteiger partial charge on any atom is 0.125 e.